The van der Waals surface area contributed by atoms with E-state index in [1.54, 1.807) is 12.1 Å². The van der Waals surface area contributed by atoms with Gasteiger partial charge in [-0.3, -0.25) is 9.78 Å². The number of nitrogens with one attached hydrogen (secondary N) is 1. The Hall–Kier alpha value is -2.34. The Kier molecular flexibility index (Phi) is 4.09. The third-order valence-corrected chi connectivity index (χ3v) is 4.10. The summed E-state index contributed by atoms with van der Waals surface area (Å²) in [6, 6.07) is 8.97. The molecule has 0 saturated heterocycles. The fourth-order valence-electron chi connectivity index (χ4n) is 2.82. The third kappa shape index (κ3) is 2.82. The van der Waals surface area contributed by atoms with Crippen LogP contribution >= 0.6 is 0 Å². The number of amides is 1. The van der Waals surface area contributed by atoms with Crippen molar-refractivity contribution in [2.75, 3.05) is 0 Å². The molecule has 1 aliphatic rings. The average molecular weight is 318 g/mol. The molecule has 2 aromatic rings. The van der Waals surface area contributed by atoms with Gasteiger partial charge in [0, 0.05) is 23.9 Å². The van der Waals surface area contributed by atoms with Crippen molar-refractivity contribution >= 4 is 5.91 Å². The van der Waals surface area contributed by atoms with Gasteiger partial charge in [-0.25, -0.2) is 8.78 Å². The van der Waals surface area contributed by atoms with Crippen LogP contribution in [0.15, 0.2) is 42.6 Å². The average Bonchev–Trinajstić information content (AvgIpc) is 2.57. The van der Waals surface area contributed by atoms with E-state index < -0.39 is 23.5 Å². The number of aliphatic hydroxyl groups excluding tert-OH is 1. The van der Waals surface area contributed by atoms with Crippen LogP contribution in [0.4, 0.5) is 8.78 Å². The number of hydrogen-bond acceptors (Lipinski definition) is 3. The molecule has 1 amide bonds. The number of nitrogens with zero attached hydrogens (tertiary/aromatic N) is 1. The summed E-state index contributed by atoms with van der Waals surface area (Å²) in [6.07, 6.45) is 0.531. The van der Waals surface area contributed by atoms with E-state index in [1.807, 2.05) is 0 Å². The minimum Gasteiger partial charge on any atom is -0.387 e. The lowest BCUT2D eigenvalue weighted by Gasteiger charge is -2.32. The number of benzene rings is 1. The molecule has 0 spiro atoms. The molecule has 3 rings (SSSR count). The van der Waals surface area contributed by atoms with E-state index in [-0.39, 0.29) is 36.2 Å². The van der Waals surface area contributed by atoms with E-state index in [0.717, 1.165) is 0 Å². The summed E-state index contributed by atoms with van der Waals surface area (Å²) in [7, 11) is 0. The van der Waals surface area contributed by atoms with Crippen molar-refractivity contribution in [2.45, 2.75) is 31.2 Å². The number of aliphatic hydroxyl groups is 1. The number of carbonyl (C=O) groups excluding carboxylic acids is 1. The van der Waals surface area contributed by atoms with Crippen LogP contribution in [0, 0.1) is 5.82 Å². The molecule has 0 radical (unpaired) electrons. The van der Waals surface area contributed by atoms with Crippen molar-refractivity contribution in [3.63, 3.8) is 0 Å². The monoisotopic (exact) mass is 318 g/mol. The Labute approximate surface area is 132 Å². The first kappa shape index (κ1) is 15.6. The van der Waals surface area contributed by atoms with Crippen molar-refractivity contribution < 1.29 is 18.7 Å². The van der Waals surface area contributed by atoms with Crippen molar-refractivity contribution in [3.8, 4) is 0 Å². The van der Waals surface area contributed by atoms with E-state index >= 15 is 4.39 Å². The number of carbonyl (C=O) groups is 1. The minimum atomic E-state index is -2.27. The van der Waals surface area contributed by atoms with Gasteiger partial charge in [0.1, 0.15) is 5.82 Å². The zero-order chi connectivity index (χ0) is 16.4. The summed E-state index contributed by atoms with van der Waals surface area (Å²) in [4.78, 5) is 16.3. The van der Waals surface area contributed by atoms with Gasteiger partial charge in [0.2, 0.25) is 5.67 Å². The first-order chi connectivity index (χ1) is 11.0. The maximum Gasteiger partial charge on any atom is 0.262 e. The number of aromatic nitrogens is 1. The van der Waals surface area contributed by atoms with E-state index in [1.165, 1.54) is 30.5 Å². The molecule has 6 heteroatoms. The van der Waals surface area contributed by atoms with E-state index in [4.69, 9.17) is 0 Å². The highest BCUT2D eigenvalue weighted by Crippen LogP contribution is 2.42. The van der Waals surface area contributed by atoms with Crippen molar-refractivity contribution in [3.05, 3.63) is 65.2 Å². The number of alkyl halides is 1. The van der Waals surface area contributed by atoms with Crippen LogP contribution in [0.3, 0.4) is 0 Å². The summed E-state index contributed by atoms with van der Waals surface area (Å²) >= 11 is 0. The Bertz CT molecular complexity index is 738. The molecule has 2 atom stereocenters. The van der Waals surface area contributed by atoms with Gasteiger partial charge in [-0.05, 0) is 25.0 Å². The van der Waals surface area contributed by atoms with Crippen LogP contribution in [0.2, 0.25) is 0 Å². The van der Waals surface area contributed by atoms with Gasteiger partial charge < -0.3 is 10.4 Å². The Morgan fingerprint density at radius 1 is 1.35 bits per heavy atom. The fraction of sp³-hybridized carbons (Fsp3) is 0.294. The standard InChI is InChI=1S/C17H16F2N2O2/c18-13-6-2-1-4-11(13)10-21-16(23)17(19)8-7-14(22)15-12(17)5-3-9-20-15/h1-6,9,14,22H,7-8,10H2,(H,21,23)/t14-,17-/m0/s1. The number of hydrogen-bond donors (Lipinski definition) is 2. The predicted molar refractivity (Wildman–Crippen MR) is 79.5 cm³/mol. The van der Waals surface area contributed by atoms with Gasteiger partial charge in [-0.2, -0.15) is 0 Å². The molecule has 120 valence electrons. The van der Waals surface area contributed by atoms with E-state index in [9.17, 15) is 14.3 Å². The van der Waals surface area contributed by atoms with Crippen LogP contribution in [-0.4, -0.2) is 16.0 Å². The third-order valence-electron chi connectivity index (χ3n) is 4.10. The summed E-state index contributed by atoms with van der Waals surface area (Å²) in [6.45, 7) is -0.102. The summed E-state index contributed by atoms with van der Waals surface area (Å²) in [5, 5.41) is 12.4. The van der Waals surface area contributed by atoms with Gasteiger partial charge in [-0.15, -0.1) is 0 Å². The first-order valence-electron chi connectivity index (χ1n) is 7.36. The highest BCUT2D eigenvalue weighted by molar-refractivity contribution is 5.87. The molecule has 1 heterocycles. The van der Waals surface area contributed by atoms with Crippen LogP contribution in [0.1, 0.15) is 35.8 Å². The zero-order valence-corrected chi connectivity index (χ0v) is 12.3. The molecule has 0 fully saturated rings. The highest BCUT2D eigenvalue weighted by atomic mass is 19.1. The van der Waals surface area contributed by atoms with Gasteiger partial charge >= 0.3 is 0 Å². The molecule has 1 aromatic carbocycles. The van der Waals surface area contributed by atoms with E-state index in [2.05, 4.69) is 10.3 Å². The molecule has 4 nitrogen and oxygen atoms in total. The topological polar surface area (TPSA) is 62.2 Å². The van der Waals surface area contributed by atoms with E-state index in [0.29, 0.717) is 0 Å². The molecule has 0 saturated carbocycles. The fourth-order valence-corrected chi connectivity index (χ4v) is 2.82. The summed E-state index contributed by atoms with van der Waals surface area (Å²) in [5.74, 6) is -1.30. The summed E-state index contributed by atoms with van der Waals surface area (Å²) < 4.78 is 28.9. The van der Waals surface area contributed by atoms with Gasteiger partial charge in [0.05, 0.1) is 11.8 Å². The maximum absolute atomic E-state index is 15.3. The lowest BCUT2D eigenvalue weighted by atomic mass is 9.81. The van der Waals surface area contributed by atoms with Crippen molar-refractivity contribution in [2.24, 2.45) is 0 Å². The normalized spacial score (nSPS) is 23.2. The molecular weight excluding hydrogens is 302 g/mol. The molecule has 23 heavy (non-hydrogen) atoms. The Morgan fingerprint density at radius 3 is 2.91 bits per heavy atom. The first-order valence-corrected chi connectivity index (χ1v) is 7.36. The quantitative estimate of drug-likeness (QED) is 0.914. The Morgan fingerprint density at radius 2 is 2.13 bits per heavy atom. The molecular formula is C17H16F2N2O2. The zero-order valence-electron chi connectivity index (χ0n) is 12.3. The lowest BCUT2D eigenvalue weighted by molar-refractivity contribution is -0.135. The molecule has 2 N–H and O–H groups in total. The summed E-state index contributed by atoms with van der Waals surface area (Å²) in [5.41, 5.74) is -1.73. The smallest absolute Gasteiger partial charge is 0.262 e. The van der Waals surface area contributed by atoms with Gasteiger partial charge in [0.25, 0.3) is 5.91 Å². The van der Waals surface area contributed by atoms with Crippen LogP contribution in [0.25, 0.3) is 0 Å². The lowest BCUT2D eigenvalue weighted by Crippen LogP contribution is -2.44. The van der Waals surface area contributed by atoms with Gasteiger partial charge in [-0.1, -0.05) is 24.3 Å². The number of rotatable bonds is 3. The molecule has 0 aliphatic heterocycles. The largest absolute Gasteiger partial charge is 0.387 e. The second kappa shape index (κ2) is 6.04. The minimum absolute atomic E-state index is 0.0739. The molecule has 0 bridgehead atoms. The second-order valence-electron chi connectivity index (χ2n) is 5.57. The number of halogens is 2. The maximum atomic E-state index is 15.3. The molecule has 1 aromatic heterocycles. The van der Waals surface area contributed by atoms with Crippen LogP contribution < -0.4 is 5.32 Å². The number of fused-ring (bicyclic) bond motifs is 1. The van der Waals surface area contributed by atoms with Crippen molar-refractivity contribution in [1.82, 2.24) is 10.3 Å². The predicted octanol–water partition coefficient (Wildman–Crippen LogP) is 2.53. The van der Waals surface area contributed by atoms with Crippen LogP contribution in [-0.2, 0) is 17.0 Å². The number of pyridine rings is 1. The van der Waals surface area contributed by atoms with Gasteiger partial charge in [0.15, 0.2) is 0 Å². The molecule has 1 aliphatic carbocycles. The Balaban J connectivity index is 1.82. The SMILES string of the molecule is O=C(NCc1ccccc1F)[C@]1(F)CC[C@H](O)c2ncccc21. The van der Waals surface area contributed by atoms with Crippen LogP contribution in [0.5, 0.6) is 0 Å². The molecule has 0 unspecified atom stereocenters. The second-order valence-corrected chi connectivity index (χ2v) is 5.57. The highest BCUT2D eigenvalue weighted by Gasteiger charge is 2.46. The van der Waals surface area contributed by atoms with Crippen molar-refractivity contribution in [1.29, 1.82) is 0 Å².